The lowest BCUT2D eigenvalue weighted by Gasteiger charge is -2.07. The summed E-state index contributed by atoms with van der Waals surface area (Å²) in [7, 11) is 0. The van der Waals surface area contributed by atoms with E-state index in [4.69, 9.17) is 11.6 Å². The molecule has 0 aliphatic heterocycles. The largest absolute Gasteiger partial charge is 0.508 e. The topological polar surface area (TPSA) is 75.1 Å². The van der Waals surface area contributed by atoms with Crippen molar-refractivity contribution in [1.82, 2.24) is 9.97 Å². The zero-order valence-electron chi connectivity index (χ0n) is 9.51. The average molecular weight is 264 g/mol. The van der Waals surface area contributed by atoms with Crippen molar-refractivity contribution < 1.29 is 9.90 Å². The molecule has 0 aliphatic carbocycles. The Hall–Kier alpha value is -2.14. The lowest BCUT2D eigenvalue weighted by Crippen LogP contribution is -2.14. The summed E-state index contributed by atoms with van der Waals surface area (Å²) >= 11 is 5.67. The predicted octanol–water partition coefficient (Wildman–Crippen LogP) is 2.40. The number of hydrogen-bond donors (Lipinski definition) is 2. The number of anilines is 1. The number of hydrogen-bond acceptors (Lipinski definition) is 4. The van der Waals surface area contributed by atoms with Crippen LogP contribution in [-0.2, 0) is 0 Å². The van der Waals surface area contributed by atoms with Crippen molar-refractivity contribution in [2.45, 2.75) is 6.92 Å². The highest BCUT2D eigenvalue weighted by Crippen LogP contribution is 2.20. The molecular formula is C12H10ClN3O2. The van der Waals surface area contributed by atoms with Crippen LogP contribution < -0.4 is 5.32 Å². The van der Waals surface area contributed by atoms with Crippen molar-refractivity contribution >= 4 is 23.3 Å². The molecule has 0 atom stereocenters. The third-order valence-electron chi connectivity index (χ3n) is 2.40. The minimum absolute atomic E-state index is 0.0693. The zero-order valence-corrected chi connectivity index (χ0v) is 10.3. The van der Waals surface area contributed by atoms with Gasteiger partial charge in [0, 0.05) is 11.1 Å². The van der Waals surface area contributed by atoms with Gasteiger partial charge >= 0.3 is 0 Å². The van der Waals surface area contributed by atoms with Crippen LogP contribution in [0.1, 0.15) is 15.9 Å². The molecule has 0 spiro atoms. The van der Waals surface area contributed by atoms with Gasteiger partial charge in [-0.3, -0.25) is 9.78 Å². The Labute approximate surface area is 108 Å². The van der Waals surface area contributed by atoms with Crippen LogP contribution in [0.25, 0.3) is 0 Å². The lowest BCUT2D eigenvalue weighted by atomic mass is 10.1. The molecule has 2 rings (SSSR count). The zero-order chi connectivity index (χ0) is 13.1. The molecule has 18 heavy (non-hydrogen) atoms. The minimum Gasteiger partial charge on any atom is -0.508 e. The van der Waals surface area contributed by atoms with Gasteiger partial charge in [-0.05, 0) is 19.1 Å². The second kappa shape index (κ2) is 5.01. The van der Waals surface area contributed by atoms with Crippen molar-refractivity contribution in [2.24, 2.45) is 0 Å². The molecule has 1 amide bonds. The van der Waals surface area contributed by atoms with E-state index >= 15 is 0 Å². The Kier molecular flexibility index (Phi) is 3.43. The van der Waals surface area contributed by atoms with Gasteiger partial charge in [-0.15, -0.1) is 0 Å². The van der Waals surface area contributed by atoms with Crippen LogP contribution in [-0.4, -0.2) is 21.0 Å². The molecule has 0 bridgehead atoms. The highest BCUT2D eigenvalue weighted by atomic mass is 35.5. The number of carbonyl (C=O) groups excluding carboxylic acids is 1. The Balaban J connectivity index is 2.25. The number of nitrogens with zero attached hydrogens (tertiary/aromatic N) is 2. The van der Waals surface area contributed by atoms with Crippen LogP contribution in [0, 0.1) is 6.92 Å². The van der Waals surface area contributed by atoms with E-state index in [-0.39, 0.29) is 22.6 Å². The third-order valence-corrected chi connectivity index (χ3v) is 2.58. The smallest absolute Gasteiger partial charge is 0.257 e. The highest BCUT2D eigenvalue weighted by molar-refractivity contribution is 6.29. The van der Waals surface area contributed by atoms with Crippen molar-refractivity contribution in [3.05, 3.63) is 46.9 Å². The molecule has 0 unspecified atom stereocenters. The average Bonchev–Trinajstić information content (AvgIpc) is 2.32. The van der Waals surface area contributed by atoms with Gasteiger partial charge in [0.05, 0.1) is 12.4 Å². The van der Waals surface area contributed by atoms with Gasteiger partial charge in [0.25, 0.3) is 5.91 Å². The maximum Gasteiger partial charge on any atom is 0.257 e. The molecule has 92 valence electrons. The van der Waals surface area contributed by atoms with E-state index in [1.165, 1.54) is 18.5 Å². The Morgan fingerprint density at radius 2 is 2.17 bits per heavy atom. The minimum atomic E-state index is -0.375. The van der Waals surface area contributed by atoms with Crippen LogP contribution in [0.3, 0.4) is 0 Å². The third kappa shape index (κ3) is 2.57. The summed E-state index contributed by atoms with van der Waals surface area (Å²) in [5.41, 5.74) is 0.877. The lowest BCUT2D eigenvalue weighted by molar-refractivity contribution is 0.102. The number of halogens is 1. The van der Waals surface area contributed by atoms with Crippen molar-refractivity contribution in [3.63, 3.8) is 0 Å². The summed E-state index contributed by atoms with van der Waals surface area (Å²) in [6.07, 6.45) is 2.76. The monoisotopic (exact) mass is 263 g/mol. The summed E-state index contributed by atoms with van der Waals surface area (Å²) in [4.78, 5) is 19.7. The van der Waals surface area contributed by atoms with Crippen LogP contribution in [0.4, 0.5) is 5.82 Å². The standard InChI is InChI=1S/C12H10ClN3O2/c1-7-8(3-2-4-9(7)17)12(18)16-11-6-14-5-10(13)15-11/h2-6,17H,1H3,(H,15,16,18). The van der Waals surface area contributed by atoms with E-state index in [0.29, 0.717) is 11.1 Å². The van der Waals surface area contributed by atoms with Gasteiger partial charge in [-0.1, -0.05) is 17.7 Å². The second-order valence-corrected chi connectivity index (χ2v) is 4.02. The summed E-state index contributed by atoms with van der Waals surface area (Å²) in [5, 5.41) is 12.3. The normalized spacial score (nSPS) is 10.1. The molecule has 0 aliphatic rings. The predicted molar refractivity (Wildman–Crippen MR) is 67.8 cm³/mol. The first-order chi connectivity index (χ1) is 8.58. The molecule has 5 nitrogen and oxygen atoms in total. The Morgan fingerprint density at radius 1 is 1.39 bits per heavy atom. The van der Waals surface area contributed by atoms with E-state index in [9.17, 15) is 9.90 Å². The molecule has 1 aromatic carbocycles. The van der Waals surface area contributed by atoms with Gasteiger partial charge < -0.3 is 10.4 Å². The first-order valence-electron chi connectivity index (χ1n) is 5.15. The van der Waals surface area contributed by atoms with E-state index in [1.54, 1.807) is 19.1 Å². The van der Waals surface area contributed by atoms with Gasteiger partial charge in [-0.25, -0.2) is 4.98 Å². The molecule has 1 heterocycles. The van der Waals surface area contributed by atoms with Crippen molar-refractivity contribution in [2.75, 3.05) is 5.32 Å². The van der Waals surface area contributed by atoms with Crippen molar-refractivity contribution in [3.8, 4) is 5.75 Å². The van der Waals surface area contributed by atoms with Gasteiger partial charge in [0.2, 0.25) is 0 Å². The number of benzene rings is 1. The molecule has 2 N–H and O–H groups in total. The molecule has 0 radical (unpaired) electrons. The number of aromatic hydroxyl groups is 1. The fraction of sp³-hybridized carbons (Fsp3) is 0.0833. The fourth-order valence-electron chi connectivity index (χ4n) is 1.46. The quantitative estimate of drug-likeness (QED) is 0.872. The van der Waals surface area contributed by atoms with Crippen molar-refractivity contribution in [1.29, 1.82) is 0 Å². The van der Waals surface area contributed by atoms with Gasteiger partial charge in [0.15, 0.2) is 5.82 Å². The SMILES string of the molecule is Cc1c(O)cccc1C(=O)Nc1cncc(Cl)n1. The van der Waals surface area contributed by atoms with E-state index in [0.717, 1.165) is 0 Å². The number of carbonyl (C=O) groups is 1. The van der Waals surface area contributed by atoms with Gasteiger partial charge in [-0.2, -0.15) is 0 Å². The number of aromatic nitrogens is 2. The molecule has 1 aromatic heterocycles. The molecule has 0 saturated heterocycles. The molecule has 2 aromatic rings. The molecule has 0 saturated carbocycles. The first-order valence-corrected chi connectivity index (χ1v) is 5.53. The summed E-state index contributed by atoms with van der Waals surface area (Å²) in [5.74, 6) is -0.0463. The van der Waals surface area contributed by atoms with E-state index in [2.05, 4.69) is 15.3 Å². The molecule has 6 heteroatoms. The van der Waals surface area contributed by atoms with E-state index < -0.39 is 0 Å². The second-order valence-electron chi connectivity index (χ2n) is 3.63. The maximum atomic E-state index is 12.0. The number of nitrogens with one attached hydrogen (secondary N) is 1. The molecular weight excluding hydrogens is 254 g/mol. The van der Waals surface area contributed by atoms with E-state index in [1.807, 2.05) is 0 Å². The first kappa shape index (κ1) is 12.3. The maximum absolute atomic E-state index is 12.0. The van der Waals surface area contributed by atoms with Crippen LogP contribution >= 0.6 is 11.6 Å². The van der Waals surface area contributed by atoms with Gasteiger partial charge in [0.1, 0.15) is 10.9 Å². The fourth-order valence-corrected chi connectivity index (χ4v) is 1.60. The molecule has 0 fully saturated rings. The summed E-state index contributed by atoms with van der Waals surface area (Å²) in [6.45, 7) is 1.66. The number of phenolic OH excluding ortho intramolecular Hbond substituents is 1. The number of rotatable bonds is 2. The Morgan fingerprint density at radius 3 is 2.89 bits per heavy atom. The highest BCUT2D eigenvalue weighted by Gasteiger charge is 2.12. The number of amides is 1. The summed E-state index contributed by atoms with van der Waals surface area (Å²) < 4.78 is 0. The van der Waals surface area contributed by atoms with Crippen LogP contribution in [0.5, 0.6) is 5.75 Å². The van der Waals surface area contributed by atoms with Crippen LogP contribution in [0.15, 0.2) is 30.6 Å². The Bertz CT molecular complexity index is 602. The summed E-state index contributed by atoms with van der Waals surface area (Å²) in [6, 6.07) is 4.73. The number of phenols is 1. The van der Waals surface area contributed by atoms with Crippen LogP contribution in [0.2, 0.25) is 5.15 Å².